The van der Waals surface area contributed by atoms with E-state index in [1.807, 2.05) is 30.5 Å². The van der Waals surface area contributed by atoms with E-state index in [0.717, 1.165) is 64.8 Å². The minimum absolute atomic E-state index is 0.0856. The van der Waals surface area contributed by atoms with Crippen LogP contribution in [0.5, 0.6) is 0 Å². The molecule has 7 nitrogen and oxygen atoms in total. The lowest BCUT2D eigenvalue weighted by Crippen LogP contribution is -2.49. The summed E-state index contributed by atoms with van der Waals surface area (Å²) in [6.45, 7) is 8.99. The van der Waals surface area contributed by atoms with Gasteiger partial charge in [0.05, 0.1) is 19.8 Å². The van der Waals surface area contributed by atoms with Crippen molar-refractivity contribution in [2.75, 3.05) is 63.9 Å². The Kier molecular flexibility index (Phi) is 7.29. The number of piperazine rings is 1. The summed E-state index contributed by atoms with van der Waals surface area (Å²) in [4.78, 5) is 23.8. The lowest BCUT2D eigenvalue weighted by molar-refractivity contribution is -0.122. The largest absolute Gasteiger partial charge is 0.379 e. The molecule has 1 N–H and O–H groups in total. The highest BCUT2D eigenvalue weighted by atomic mass is 16.5. The molecule has 0 spiro atoms. The maximum Gasteiger partial charge on any atom is 0.234 e. The van der Waals surface area contributed by atoms with Gasteiger partial charge in [0.25, 0.3) is 0 Å². The fraction of sp³-hybridized carbons (Fsp3) is 0.478. The zero-order chi connectivity index (χ0) is 20.6. The first-order valence-corrected chi connectivity index (χ1v) is 10.8. The van der Waals surface area contributed by atoms with Crippen LogP contribution in [0, 0.1) is 0 Å². The number of nitrogens with zero attached hydrogens (tertiary/aromatic N) is 4. The van der Waals surface area contributed by atoms with Crippen LogP contribution in [-0.2, 0) is 22.6 Å². The van der Waals surface area contributed by atoms with Crippen molar-refractivity contribution in [1.82, 2.24) is 20.1 Å². The summed E-state index contributed by atoms with van der Waals surface area (Å²) in [6.07, 6.45) is 1.83. The number of benzene rings is 1. The molecule has 2 aliphatic rings. The Hall–Kier alpha value is -2.48. The Morgan fingerprint density at radius 2 is 1.63 bits per heavy atom. The van der Waals surface area contributed by atoms with Crippen LogP contribution in [0.3, 0.4) is 0 Å². The summed E-state index contributed by atoms with van der Waals surface area (Å²) in [7, 11) is 0. The summed E-state index contributed by atoms with van der Waals surface area (Å²) in [5.74, 6) is 1.10. The lowest BCUT2D eigenvalue weighted by Gasteiger charge is -2.35. The third kappa shape index (κ3) is 5.78. The van der Waals surface area contributed by atoms with Gasteiger partial charge in [-0.05, 0) is 23.3 Å². The summed E-state index contributed by atoms with van der Waals surface area (Å²) in [6, 6.07) is 14.4. The second kappa shape index (κ2) is 10.5. The predicted octanol–water partition coefficient (Wildman–Crippen LogP) is 1.35. The van der Waals surface area contributed by atoms with Crippen molar-refractivity contribution in [2.24, 2.45) is 0 Å². The van der Waals surface area contributed by atoms with E-state index in [1.165, 1.54) is 11.1 Å². The molecule has 30 heavy (non-hydrogen) atoms. The van der Waals surface area contributed by atoms with E-state index < -0.39 is 0 Å². The number of carbonyl (C=O) groups is 1. The highest BCUT2D eigenvalue weighted by Gasteiger charge is 2.20. The minimum Gasteiger partial charge on any atom is -0.379 e. The molecule has 2 saturated heterocycles. The molecule has 0 bridgehead atoms. The average Bonchev–Trinajstić information content (AvgIpc) is 2.80. The SMILES string of the molecule is O=C(CN1CCN(c2ccccn2)CC1)NCc1ccccc1CN1CCOCC1. The number of anilines is 1. The van der Waals surface area contributed by atoms with Gasteiger partial charge in [0.15, 0.2) is 0 Å². The van der Waals surface area contributed by atoms with Gasteiger partial charge in [0, 0.05) is 58.6 Å². The van der Waals surface area contributed by atoms with Crippen LogP contribution in [0.25, 0.3) is 0 Å². The maximum absolute atomic E-state index is 12.5. The van der Waals surface area contributed by atoms with Gasteiger partial charge in [-0.2, -0.15) is 0 Å². The summed E-state index contributed by atoms with van der Waals surface area (Å²) >= 11 is 0. The van der Waals surface area contributed by atoms with Crippen LogP contribution >= 0.6 is 0 Å². The van der Waals surface area contributed by atoms with Gasteiger partial charge in [-0.1, -0.05) is 30.3 Å². The van der Waals surface area contributed by atoms with Gasteiger partial charge < -0.3 is 15.0 Å². The van der Waals surface area contributed by atoms with E-state index >= 15 is 0 Å². The molecular weight excluding hydrogens is 378 g/mol. The molecule has 3 heterocycles. The number of pyridine rings is 1. The number of rotatable bonds is 7. The van der Waals surface area contributed by atoms with Crippen molar-refractivity contribution in [3.63, 3.8) is 0 Å². The molecule has 0 radical (unpaired) electrons. The van der Waals surface area contributed by atoms with Gasteiger partial charge >= 0.3 is 0 Å². The predicted molar refractivity (Wildman–Crippen MR) is 117 cm³/mol. The summed E-state index contributed by atoms with van der Waals surface area (Å²) in [5, 5.41) is 3.12. The van der Waals surface area contributed by atoms with Crippen LogP contribution in [0.2, 0.25) is 0 Å². The van der Waals surface area contributed by atoms with E-state index in [0.29, 0.717) is 13.1 Å². The number of hydrogen-bond acceptors (Lipinski definition) is 6. The molecule has 160 valence electrons. The minimum atomic E-state index is 0.0856. The van der Waals surface area contributed by atoms with Crippen LogP contribution in [-0.4, -0.2) is 79.7 Å². The van der Waals surface area contributed by atoms with Crippen molar-refractivity contribution < 1.29 is 9.53 Å². The van der Waals surface area contributed by atoms with E-state index in [9.17, 15) is 4.79 Å². The Labute approximate surface area is 178 Å². The topological polar surface area (TPSA) is 60.9 Å². The molecule has 7 heteroatoms. The third-order valence-corrected chi connectivity index (χ3v) is 5.80. The van der Waals surface area contributed by atoms with Gasteiger partial charge in [-0.25, -0.2) is 4.98 Å². The Bertz CT molecular complexity index is 802. The zero-order valence-electron chi connectivity index (χ0n) is 17.5. The van der Waals surface area contributed by atoms with E-state index in [4.69, 9.17) is 4.74 Å². The zero-order valence-corrected chi connectivity index (χ0v) is 17.5. The first-order chi connectivity index (χ1) is 14.8. The molecule has 1 amide bonds. The third-order valence-electron chi connectivity index (χ3n) is 5.80. The molecule has 0 saturated carbocycles. The molecule has 0 aliphatic carbocycles. The summed E-state index contributed by atoms with van der Waals surface area (Å²) < 4.78 is 5.44. The molecule has 0 atom stereocenters. The Morgan fingerprint density at radius 1 is 0.900 bits per heavy atom. The molecule has 4 rings (SSSR count). The first-order valence-electron chi connectivity index (χ1n) is 10.8. The Morgan fingerprint density at radius 3 is 2.37 bits per heavy atom. The molecule has 2 aliphatic heterocycles. The van der Waals surface area contributed by atoms with Crippen molar-refractivity contribution in [2.45, 2.75) is 13.1 Å². The normalized spacial score (nSPS) is 18.3. The van der Waals surface area contributed by atoms with Crippen molar-refractivity contribution in [3.05, 3.63) is 59.8 Å². The Balaban J connectivity index is 1.23. The van der Waals surface area contributed by atoms with Crippen LogP contribution in [0.1, 0.15) is 11.1 Å². The highest BCUT2D eigenvalue weighted by molar-refractivity contribution is 5.78. The number of morpholine rings is 1. The smallest absolute Gasteiger partial charge is 0.234 e. The molecule has 1 aromatic carbocycles. The first kappa shape index (κ1) is 20.8. The number of aromatic nitrogens is 1. The number of nitrogens with one attached hydrogen (secondary N) is 1. The number of carbonyl (C=O) groups excluding carboxylic acids is 1. The van der Waals surface area contributed by atoms with Crippen molar-refractivity contribution in [3.8, 4) is 0 Å². The van der Waals surface area contributed by atoms with E-state index in [2.05, 4.69) is 43.2 Å². The number of amides is 1. The molecule has 1 aromatic heterocycles. The van der Waals surface area contributed by atoms with Gasteiger partial charge in [-0.15, -0.1) is 0 Å². The summed E-state index contributed by atoms with van der Waals surface area (Å²) in [5.41, 5.74) is 2.47. The van der Waals surface area contributed by atoms with Crippen LogP contribution < -0.4 is 10.2 Å². The molecule has 2 fully saturated rings. The number of ether oxygens (including phenoxy) is 1. The van der Waals surface area contributed by atoms with Crippen molar-refractivity contribution in [1.29, 1.82) is 0 Å². The second-order valence-corrected chi connectivity index (χ2v) is 7.89. The fourth-order valence-corrected chi connectivity index (χ4v) is 4.01. The molecule has 0 unspecified atom stereocenters. The van der Waals surface area contributed by atoms with E-state index in [1.54, 1.807) is 0 Å². The van der Waals surface area contributed by atoms with Gasteiger partial charge in [0.1, 0.15) is 5.82 Å². The van der Waals surface area contributed by atoms with E-state index in [-0.39, 0.29) is 5.91 Å². The molecular formula is C23H31N5O2. The highest BCUT2D eigenvalue weighted by Crippen LogP contribution is 2.14. The second-order valence-electron chi connectivity index (χ2n) is 7.89. The molecule has 2 aromatic rings. The van der Waals surface area contributed by atoms with Gasteiger partial charge in [-0.3, -0.25) is 14.6 Å². The van der Waals surface area contributed by atoms with Crippen molar-refractivity contribution >= 4 is 11.7 Å². The van der Waals surface area contributed by atoms with Crippen LogP contribution in [0.15, 0.2) is 48.7 Å². The van der Waals surface area contributed by atoms with Gasteiger partial charge in [0.2, 0.25) is 5.91 Å². The lowest BCUT2D eigenvalue weighted by atomic mass is 10.1. The maximum atomic E-state index is 12.5. The quantitative estimate of drug-likeness (QED) is 0.745. The van der Waals surface area contributed by atoms with Crippen LogP contribution in [0.4, 0.5) is 5.82 Å². The average molecular weight is 410 g/mol. The number of hydrogen-bond donors (Lipinski definition) is 1. The monoisotopic (exact) mass is 409 g/mol. The fourth-order valence-electron chi connectivity index (χ4n) is 4.01. The standard InChI is InChI=1S/C23H31N5O2/c29-23(19-26-9-11-28(12-10-26)22-7-3-4-8-24-22)25-17-20-5-1-2-6-21(20)18-27-13-15-30-16-14-27/h1-8H,9-19H2,(H,25,29).